The largest absolute Gasteiger partial charge is 0.399 e. The molecule has 0 atom stereocenters. The van der Waals surface area contributed by atoms with E-state index in [-0.39, 0.29) is 9.92 Å². The lowest BCUT2D eigenvalue weighted by molar-refractivity contribution is 0.601. The van der Waals surface area contributed by atoms with E-state index >= 15 is 0 Å². The molecule has 0 aliphatic rings. The summed E-state index contributed by atoms with van der Waals surface area (Å²) in [5.41, 5.74) is 6.35. The second-order valence-electron chi connectivity index (χ2n) is 3.81. The highest BCUT2D eigenvalue weighted by atomic mass is 79.9. The molecule has 0 radical (unpaired) electrons. The fourth-order valence-corrected chi connectivity index (χ4v) is 3.47. The Kier molecular flexibility index (Phi) is 4.03. The summed E-state index contributed by atoms with van der Waals surface area (Å²) in [6, 6.07) is 11.1. The SMILES string of the molecule is Nc1ccc(Cl)c(S(=O)(=O)Nc2cccc(Br)c2)c1. The molecule has 4 nitrogen and oxygen atoms in total. The van der Waals surface area contributed by atoms with Crippen LogP contribution in [0.1, 0.15) is 0 Å². The molecule has 0 heterocycles. The summed E-state index contributed by atoms with van der Waals surface area (Å²) in [6.07, 6.45) is 0. The Hall–Kier alpha value is -1.24. The highest BCUT2D eigenvalue weighted by Gasteiger charge is 2.18. The van der Waals surface area contributed by atoms with Crippen molar-refractivity contribution in [1.29, 1.82) is 0 Å². The maximum Gasteiger partial charge on any atom is 0.263 e. The normalized spacial score (nSPS) is 11.3. The van der Waals surface area contributed by atoms with Crippen molar-refractivity contribution in [3.05, 3.63) is 52.0 Å². The van der Waals surface area contributed by atoms with E-state index in [4.69, 9.17) is 17.3 Å². The standard InChI is InChI=1S/C12H10BrClN2O2S/c13-8-2-1-3-10(6-8)16-19(17,18)12-7-9(15)4-5-11(12)14/h1-7,16H,15H2. The van der Waals surface area contributed by atoms with Crippen LogP contribution in [0.3, 0.4) is 0 Å². The lowest BCUT2D eigenvalue weighted by Gasteiger charge is -2.10. The molecule has 0 amide bonds. The van der Waals surface area contributed by atoms with E-state index in [0.717, 1.165) is 4.47 Å². The molecule has 0 aromatic heterocycles. The van der Waals surface area contributed by atoms with Gasteiger partial charge in [-0.3, -0.25) is 4.72 Å². The molecule has 100 valence electrons. The lowest BCUT2D eigenvalue weighted by atomic mass is 10.3. The third kappa shape index (κ3) is 3.40. The minimum Gasteiger partial charge on any atom is -0.399 e. The fraction of sp³-hybridized carbons (Fsp3) is 0. The molecule has 0 saturated carbocycles. The van der Waals surface area contributed by atoms with Crippen LogP contribution in [0.4, 0.5) is 11.4 Å². The number of hydrogen-bond donors (Lipinski definition) is 2. The Bertz CT molecular complexity index is 719. The first-order valence-electron chi connectivity index (χ1n) is 5.22. The van der Waals surface area contributed by atoms with E-state index in [1.165, 1.54) is 12.1 Å². The number of rotatable bonds is 3. The van der Waals surface area contributed by atoms with Crippen LogP contribution in [0.2, 0.25) is 5.02 Å². The first-order valence-corrected chi connectivity index (χ1v) is 7.87. The maximum absolute atomic E-state index is 12.2. The molecule has 2 aromatic carbocycles. The summed E-state index contributed by atoms with van der Waals surface area (Å²) in [5, 5.41) is 0.122. The molecular formula is C12H10BrClN2O2S. The number of nitrogen functional groups attached to an aromatic ring is 1. The summed E-state index contributed by atoms with van der Waals surface area (Å²) < 4.78 is 27.7. The van der Waals surface area contributed by atoms with Crippen LogP contribution < -0.4 is 10.5 Å². The van der Waals surface area contributed by atoms with Gasteiger partial charge in [0.2, 0.25) is 0 Å². The second kappa shape index (κ2) is 5.40. The van der Waals surface area contributed by atoms with Crippen LogP contribution in [0.15, 0.2) is 51.8 Å². The van der Waals surface area contributed by atoms with Crippen molar-refractivity contribution in [3.8, 4) is 0 Å². The van der Waals surface area contributed by atoms with E-state index in [1.54, 1.807) is 30.3 Å². The van der Waals surface area contributed by atoms with Gasteiger partial charge in [0, 0.05) is 15.8 Å². The number of hydrogen-bond acceptors (Lipinski definition) is 3. The number of halogens is 2. The Morgan fingerprint density at radius 1 is 1.16 bits per heavy atom. The number of anilines is 2. The number of benzene rings is 2. The lowest BCUT2D eigenvalue weighted by Crippen LogP contribution is -2.13. The van der Waals surface area contributed by atoms with Gasteiger partial charge < -0.3 is 5.73 Å². The third-order valence-electron chi connectivity index (χ3n) is 2.32. The first-order chi connectivity index (χ1) is 8.88. The first kappa shape index (κ1) is 14.2. The van der Waals surface area contributed by atoms with E-state index in [1.807, 2.05) is 0 Å². The molecule has 0 aliphatic carbocycles. The van der Waals surface area contributed by atoms with Crippen molar-refractivity contribution in [2.45, 2.75) is 4.90 Å². The fourth-order valence-electron chi connectivity index (χ4n) is 1.49. The molecule has 7 heteroatoms. The van der Waals surface area contributed by atoms with Crippen LogP contribution >= 0.6 is 27.5 Å². The predicted octanol–water partition coefficient (Wildman–Crippen LogP) is 3.49. The smallest absolute Gasteiger partial charge is 0.263 e. The van der Waals surface area contributed by atoms with Crippen LogP contribution in [-0.2, 0) is 10.0 Å². The number of nitrogens with one attached hydrogen (secondary N) is 1. The molecular weight excluding hydrogens is 352 g/mol. The molecule has 0 saturated heterocycles. The molecule has 0 unspecified atom stereocenters. The highest BCUT2D eigenvalue weighted by molar-refractivity contribution is 9.10. The van der Waals surface area contributed by atoms with Crippen LogP contribution in [-0.4, -0.2) is 8.42 Å². The second-order valence-corrected chi connectivity index (χ2v) is 6.78. The molecule has 2 aromatic rings. The zero-order chi connectivity index (χ0) is 14.0. The zero-order valence-corrected chi connectivity index (χ0v) is 12.8. The average Bonchev–Trinajstić information content (AvgIpc) is 2.31. The molecule has 3 N–H and O–H groups in total. The summed E-state index contributed by atoms with van der Waals surface area (Å²) >= 11 is 9.17. The average molecular weight is 362 g/mol. The van der Waals surface area contributed by atoms with Gasteiger partial charge >= 0.3 is 0 Å². The van der Waals surface area contributed by atoms with Crippen LogP contribution in [0.5, 0.6) is 0 Å². The van der Waals surface area contributed by atoms with Gasteiger partial charge in [0.05, 0.1) is 5.02 Å². The van der Waals surface area contributed by atoms with E-state index in [0.29, 0.717) is 11.4 Å². The summed E-state index contributed by atoms with van der Waals surface area (Å²) in [7, 11) is -3.77. The van der Waals surface area contributed by atoms with E-state index < -0.39 is 10.0 Å². The van der Waals surface area contributed by atoms with Gasteiger partial charge in [0.1, 0.15) is 4.90 Å². The van der Waals surface area contributed by atoms with Crippen LogP contribution in [0.25, 0.3) is 0 Å². The molecule has 0 bridgehead atoms. The van der Waals surface area contributed by atoms with Crippen LogP contribution in [0, 0.1) is 0 Å². The van der Waals surface area contributed by atoms with Crippen molar-refractivity contribution in [2.24, 2.45) is 0 Å². The van der Waals surface area contributed by atoms with Gasteiger partial charge in [-0.25, -0.2) is 8.42 Å². The molecule has 0 spiro atoms. The van der Waals surface area contributed by atoms with Gasteiger partial charge in [0.15, 0.2) is 0 Å². The third-order valence-corrected chi connectivity index (χ3v) is 4.68. The molecule has 2 rings (SSSR count). The van der Waals surface area contributed by atoms with Crippen molar-refractivity contribution >= 4 is 48.9 Å². The Morgan fingerprint density at radius 2 is 1.89 bits per heavy atom. The van der Waals surface area contributed by atoms with Gasteiger partial charge in [-0.15, -0.1) is 0 Å². The summed E-state index contributed by atoms with van der Waals surface area (Å²) in [4.78, 5) is -0.0471. The monoisotopic (exact) mass is 360 g/mol. The molecule has 0 fully saturated rings. The zero-order valence-electron chi connectivity index (χ0n) is 9.60. The van der Waals surface area contributed by atoms with Crippen molar-refractivity contribution in [2.75, 3.05) is 10.5 Å². The van der Waals surface area contributed by atoms with E-state index in [2.05, 4.69) is 20.7 Å². The Morgan fingerprint density at radius 3 is 2.58 bits per heavy atom. The Balaban J connectivity index is 2.40. The van der Waals surface area contributed by atoms with Crippen molar-refractivity contribution in [3.63, 3.8) is 0 Å². The van der Waals surface area contributed by atoms with Gasteiger partial charge in [-0.05, 0) is 36.4 Å². The topological polar surface area (TPSA) is 72.2 Å². The van der Waals surface area contributed by atoms with Gasteiger partial charge in [-0.1, -0.05) is 33.6 Å². The predicted molar refractivity (Wildman–Crippen MR) is 80.8 cm³/mol. The minimum atomic E-state index is -3.77. The van der Waals surface area contributed by atoms with E-state index in [9.17, 15) is 8.42 Å². The number of nitrogens with two attached hydrogens (primary N) is 1. The molecule has 19 heavy (non-hydrogen) atoms. The quantitative estimate of drug-likeness (QED) is 0.822. The summed E-state index contributed by atoms with van der Waals surface area (Å²) in [6.45, 7) is 0. The van der Waals surface area contributed by atoms with Gasteiger partial charge in [-0.2, -0.15) is 0 Å². The summed E-state index contributed by atoms with van der Waals surface area (Å²) in [5.74, 6) is 0. The number of sulfonamides is 1. The highest BCUT2D eigenvalue weighted by Crippen LogP contribution is 2.26. The van der Waals surface area contributed by atoms with Crippen molar-refractivity contribution in [1.82, 2.24) is 0 Å². The Labute approximate surface area is 124 Å². The van der Waals surface area contributed by atoms with Crippen molar-refractivity contribution < 1.29 is 8.42 Å². The minimum absolute atomic E-state index is 0.0471. The van der Waals surface area contributed by atoms with Gasteiger partial charge in [0.25, 0.3) is 10.0 Å². The molecule has 0 aliphatic heterocycles. The maximum atomic E-state index is 12.2.